The second kappa shape index (κ2) is 6.61. The van der Waals surface area contributed by atoms with Crippen LogP contribution in [0, 0.1) is 17.3 Å². The molecular weight excluding hydrogens is 430 g/mol. The second-order valence-corrected chi connectivity index (χ2v) is 7.84. The van der Waals surface area contributed by atoms with Crippen LogP contribution in [0.4, 0.5) is 43.9 Å². The maximum atomic E-state index is 15.3. The molecule has 1 N–H and O–H groups in total. The van der Waals surface area contributed by atoms with E-state index >= 15 is 4.39 Å². The number of rotatable bonds is 4. The Labute approximate surface area is 158 Å². The van der Waals surface area contributed by atoms with Gasteiger partial charge >= 0.3 is 24.5 Å². The molecule has 0 spiro atoms. The Morgan fingerprint density at radius 2 is 1.48 bits per heavy atom. The van der Waals surface area contributed by atoms with Crippen molar-refractivity contribution in [2.75, 3.05) is 0 Å². The van der Waals surface area contributed by atoms with Crippen LogP contribution in [0.15, 0.2) is 0 Å². The molecule has 5 unspecified atom stereocenters. The van der Waals surface area contributed by atoms with Gasteiger partial charge in [-0.05, 0) is 38.5 Å². The average molecular weight is 448 g/mol. The summed E-state index contributed by atoms with van der Waals surface area (Å²) in [5, 5.41) is 9.51. The third-order valence-corrected chi connectivity index (χ3v) is 6.24. The Morgan fingerprint density at radius 3 is 1.83 bits per heavy atom. The standard InChI is InChI=1S/C16H18F10O3/c1-3-11(2,14(18,19)20)10(27)29-9-5-7-4-8(9)12(17,6-7)13(28,15(21,22)23)16(24,25)26/h7-9,28H,3-6H2,1-2H3. The first-order valence-corrected chi connectivity index (χ1v) is 8.58. The van der Waals surface area contributed by atoms with E-state index in [1.54, 1.807) is 0 Å². The van der Waals surface area contributed by atoms with Gasteiger partial charge in [-0.15, -0.1) is 0 Å². The van der Waals surface area contributed by atoms with Gasteiger partial charge in [0.1, 0.15) is 6.10 Å². The highest BCUT2D eigenvalue weighted by Gasteiger charge is 2.84. The van der Waals surface area contributed by atoms with Gasteiger partial charge in [-0.3, -0.25) is 4.79 Å². The van der Waals surface area contributed by atoms with Crippen LogP contribution in [0.5, 0.6) is 0 Å². The van der Waals surface area contributed by atoms with Gasteiger partial charge < -0.3 is 9.84 Å². The zero-order chi connectivity index (χ0) is 22.8. The summed E-state index contributed by atoms with van der Waals surface area (Å²) in [6.45, 7) is 1.45. The molecule has 2 aliphatic rings. The predicted molar refractivity (Wildman–Crippen MR) is 76.1 cm³/mol. The highest BCUT2D eigenvalue weighted by Crippen LogP contribution is 2.64. The monoisotopic (exact) mass is 448 g/mol. The molecule has 2 bridgehead atoms. The third kappa shape index (κ3) is 3.27. The number of carbonyl (C=O) groups is 1. The van der Waals surface area contributed by atoms with Crippen molar-refractivity contribution in [1.29, 1.82) is 0 Å². The van der Waals surface area contributed by atoms with Crippen LogP contribution in [-0.2, 0) is 9.53 Å². The summed E-state index contributed by atoms with van der Waals surface area (Å²) in [7, 11) is 0. The molecule has 29 heavy (non-hydrogen) atoms. The fourth-order valence-corrected chi connectivity index (χ4v) is 4.23. The Kier molecular flexibility index (Phi) is 5.47. The summed E-state index contributed by atoms with van der Waals surface area (Å²) in [4.78, 5) is 12.1. The first-order chi connectivity index (χ1) is 12.8. The van der Waals surface area contributed by atoms with Gasteiger partial charge in [-0.25, -0.2) is 4.39 Å². The van der Waals surface area contributed by atoms with E-state index in [-0.39, 0.29) is 0 Å². The van der Waals surface area contributed by atoms with E-state index in [0.717, 1.165) is 6.92 Å². The lowest BCUT2D eigenvalue weighted by Crippen LogP contribution is -2.71. The molecule has 3 nitrogen and oxygen atoms in total. The number of carbonyl (C=O) groups excluding carboxylic acids is 1. The molecule has 2 fully saturated rings. The van der Waals surface area contributed by atoms with Crippen LogP contribution in [0.2, 0.25) is 0 Å². The second-order valence-electron chi connectivity index (χ2n) is 7.84. The third-order valence-electron chi connectivity index (χ3n) is 6.24. The van der Waals surface area contributed by atoms with Gasteiger partial charge in [0.25, 0.3) is 5.60 Å². The minimum Gasteiger partial charge on any atom is -0.461 e. The number of hydrogen-bond acceptors (Lipinski definition) is 3. The minimum absolute atomic E-state index is 0.397. The normalized spacial score (nSPS) is 32.9. The lowest BCUT2D eigenvalue weighted by atomic mass is 9.71. The van der Waals surface area contributed by atoms with E-state index < -0.39 is 84.8 Å². The van der Waals surface area contributed by atoms with Crippen LogP contribution >= 0.6 is 0 Å². The van der Waals surface area contributed by atoms with Crippen LogP contribution in [0.25, 0.3) is 0 Å². The lowest BCUT2D eigenvalue weighted by Gasteiger charge is -2.47. The molecule has 0 heterocycles. The number of alkyl halides is 10. The first kappa shape index (κ1) is 24.0. The number of aliphatic hydroxyl groups is 1. The van der Waals surface area contributed by atoms with E-state index in [2.05, 4.69) is 4.74 Å². The number of halogens is 10. The molecule has 0 aromatic carbocycles. The first-order valence-electron chi connectivity index (χ1n) is 8.58. The summed E-state index contributed by atoms with van der Waals surface area (Å²) >= 11 is 0. The molecule has 2 rings (SSSR count). The smallest absolute Gasteiger partial charge is 0.429 e. The number of ether oxygens (including phenoxy) is 1. The molecule has 13 heteroatoms. The number of esters is 1. The maximum Gasteiger partial charge on any atom is 0.429 e. The van der Waals surface area contributed by atoms with Crippen molar-refractivity contribution in [3.63, 3.8) is 0 Å². The Morgan fingerprint density at radius 1 is 1.00 bits per heavy atom. The van der Waals surface area contributed by atoms with E-state index in [4.69, 9.17) is 0 Å². The highest BCUT2D eigenvalue weighted by atomic mass is 19.4. The largest absolute Gasteiger partial charge is 0.461 e. The molecule has 0 amide bonds. The van der Waals surface area contributed by atoms with Gasteiger partial charge in [0, 0.05) is 5.92 Å². The fraction of sp³-hybridized carbons (Fsp3) is 0.938. The molecule has 170 valence electrons. The van der Waals surface area contributed by atoms with Gasteiger partial charge in [0.15, 0.2) is 11.1 Å². The average Bonchev–Trinajstić information content (AvgIpc) is 3.07. The number of fused-ring (bicyclic) bond motifs is 2. The maximum absolute atomic E-state index is 15.3. The molecule has 0 radical (unpaired) electrons. The van der Waals surface area contributed by atoms with Crippen molar-refractivity contribution in [3.05, 3.63) is 0 Å². The van der Waals surface area contributed by atoms with Crippen LogP contribution in [0.1, 0.15) is 39.5 Å². The molecule has 0 saturated heterocycles. The number of hydrogen-bond donors (Lipinski definition) is 1. The molecule has 2 saturated carbocycles. The van der Waals surface area contributed by atoms with Crippen molar-refractivity contribution in [1.82, 2.24) is 0 Å². The van der Waals surface area contributed by atoms with Gasteiger partial charge in [-0.2, -0.15) is 39.5 Å². The molecule has 2 aliphatic carbocycles. The van der Waals surface area contributed by atoms with Crippen molar-refractivity contribution in [2.45, 2.75) is 75.4 Å². The summed E-state index contributed by atoms with van der Waals surface area (Å²) in [6.07, 6.45) is -23.1. The lowest BCUT2D eigenvalue weighted by molar-refractivity contribution is -0.410. The molecule has 0 aromatic heterocycles. The molecule has 0 aliphatic heterocycles. The van der Waals surface area contributed by atoms with Gasteiger partial charge in [0.2, 0.25) is 0 Å². The zero-order valence-corrected chi connectivity index (χ0v) is 15.1. The summed E-state index contributed by atoms with van der Waals surface area (Å²) < 4.78 is 138. The summed E-state index contributed by atoms with van der Waals surface area (Å²) in [6, 6.07) is 0. The molecular formula is C16H18F10O3. The Bertz CT molecular complexity index is 641. The molecule has 0 aromatic rings. The van der Waals surface area contributed by atoms with Crippen molar-refractivity contribution < 1.29 is 58.5 Å². The van der Waals surface area contributed by atoms with E-state index in [9.17, 15) is 49.4 Å². The van der Waals surface area contributed by atoms with Crippen molar-refractivity contribution >= 4 is 5.97 Å². The van der Waals surface area contributed by atoms with E-state index in [0.29, 0.717) is 6.92 Å². The summed E-state index contributed by atoms with van der Waals surface area (Å²) in [5.74, 6) is -5.31. The van der Waals surface area contributed by atoms with Crippen LogP contribution in [0.3, 0.4) is 0 Å². The SMILES string of the molecule is CCC(C)(C(=O)OC1CC2CC1C(F)(C(O)(C(F)(F)F)C(F)(F)F)C2)C(F)(F)F. The van der Waals surface area contributed by atoms with Gasteiger partial charge in [-0.1, -0.05) is 6.92 Å². The van der Waals surface area contributed by atoms with Crippen LogP contribution < -0.4 is 0 Å². The zero-order valence-electron chi connectivity index (χ0n) is 15.1. The van der Waals surface area contributed by atoms with E-state index in [1.807, 2.05) is 0 Å². The van der Waals surface area contributed by atoms with Crippen molar-refractivity contribution in [3.8, 4) is 0 Å². The van der Waals surface area contributed by atoms with Crippen LogP contribution in [-0.4, -0.2) is 47.0 Å². The van der Waals surface area contributed by atoms with E-state index in [1.165, 1.54) is 0 Å². The highest BCUT2D eigenvalue weighted by molar-refractivity contribution is 5.77. The Balaban J connectivity index is 2.39. The Hall–Kier alpha value is -1.27. The summed E-state index contributed by atoms with van der Waals surface area (Å²) in [5.41, 5.74) is -13.1. The predicted octanol–water partition coefficient (Wildman–Crippen LogP) is 4.87. The minimum atomic E-state index is -6.46. The topological polar surface area (TPSA) is 46.5 Å². The van der Waals surface area contributed by atoms with Gasteiger partial charge in [0.05, 0.1) is 0 Å². The fourth-order valence-electron chi connectivity index (χ4n) is 4.23. The van der Waals surface area contributed by atoms with Crippen molar-refractivity contribution in [2.24, 2.45) is 17.3 Å². The molecule has 5 atom stereocenters. The quantitative estimate of drug-likeness (QED) is 0.493.